The van der Waals surface area contributed by atoms with Crippen molar-refractivity contribution in [3.05, 3.63) is 17.8 Å². The van der Waals surface area contributed by atoms with Gasteiger partial charge in [0.15, 0.2) is 11.5 Å². The number of anilines is 1. The van der Waals surface area contributed by atoms with Crippen molar-refractivity contribution in [1.82, 2.24) is 15.1 Å². The lowest BCUT2D eigenvalue weighted by atomic mass is 9.92. The molecule has 0 bridgehead atoms. The molecular formula is C15H20N4O3. The van der Waals surface area contributed by atoms with Crippen LogP contribution in [0, 0.1) is 17.8 Å². The highest BCUT2D eigenvalue weighted by Gasteiger charge is 2.46. The molecule has 1 saturated carbocycles. The first-order valence-electron chi connectivity index (χ1n) is 7.50. The predicted octanol–water partition coefficient (Wildman–Crippen LogP) is 0.725. The molecule has 22 heavy (non-hydrogen) atoms. The summed E-state index contributed by atoms with van der Waals surface area (Å²) in [5.41, 5.74) is 0.293. The minimum atomic E-state index is -0.730. The number of carboxylic acid groups (broad SMARTS) is 1. The van der Waals surface area contributed by atoms with E-state index < -0.39 is 5.97 Å². The van der Waals surface area contributed by atoms with Crippen molar-refractivity contribution in [2.75, 3.05) is 32.1 Å². The Labute approximate surface area is 128 Å². The molecule has 7 nitrogen and oxygen atoms in total. The summed E-state index contributed by atoms with van der Waals surface area (Å²) in [6.45, 7) is 1.17. The van der Waals surface area contributed by atoms with E-state index in [2.05, 4.69) is 10.2 Å². The molecule has 2 atom stereocenters. The minimum Gasteiger partial charge on any atom is -0.481 e. The fourth-order valence-corrected chi connectivity index (χ4v) is 3.12. The monoisotopic (exact) mass is 304 g/mol. The van der Waals surface area contributed by atoms with E-state index >= 15 is 0 Å². The summed E-state index contributed by atoms with van der Waals surface area (Å²) < 4.78 is 0. The van der Waals surface area contributed by atoms with Gasteiger partial charge in [0.2, 0.25) is 0 Å². The summed E-state index contributed by atoms with van der Waals surface area (Å²) in [5.74, 6) is 0.115. The van der Waals surface area contributed by atoms with Gasteiger partial charge in [0, 0.05) is 27.2 Å². The molecule has 1 saturated heterocycles. The molecule has 1 N–H and O–H groups in total. The molecule has 118 valence electrons. The van der Waals surface area contributed by atoms with Crippen molar-refractivity contribution in [1.29, 1.82) is 0 Å². The van der Waals surface area contributed by atoms with Crippen LogP contribution >= 0.6 is 0 Å². The maximum absolute atomic E-state index is 11.8. The topological polar surface area (TPSA) is 86.6 Å². The van der Waals surface area contributed by atoms with Gasteiger partial charge < -0.3 is 14.9 Å². The van der Waals surface area contributed by atoms with Crippen LogP contribution < -0.4 is 4.90 Å². The Kier molecular flexibility index (Phi) is 3.72. The SMILES string of the molecule is CN(C)C(=O)c1ccc(N2C[C@@H](C(=O)O)[C@H](C3CC3)C2)nn1. The lowest BCUT2D eigenvalue weighted by molar-refractivity contribution is -0.142. The van der Waals surface area contributed by atoms with E-state index in [1.165, 1.54) is 4.90 Å². The smallest absolute Gasteiger partial charge is 0.308 e. The predicted molar refractivity (Wildman–Crippen MR) is 79.6 cm³/mol. The van der Waals surface area contributed by atoms with Crippen LogP contribution in [0.4, 0.5) is 5.82 Å². The van der Waals surface area contributed by atoms with Crippen molar-refractivity contribution in [2.24, 2.45) is 17.8 Å². The lowest BCUT2D eigenvalue weighted by Crippen LogP contribution is -2.26. The first kappa shape index (κ1) is 14.7. The molecule has 7 heteroatoms. The van der Waals surface area contributed by atoms with Crippen molar-refractivity contribution < 1.29 is 14.7 Å². The summed E-state index contributed by atoms with van der Waals surface area (Å²) in [4.78, 5) is 26.6. The van der Waals surface area contributed by atoms with Gasteiger partial charge in [-0.2, -0.15) is 0 Å². The van der Waals surface area contributed by atoms with Gasteiger partial charge in [-0.3, -0.25) is 9.59 Å². The highest BCUT2D eigenvalue weighted by atomic mass is 16.4. The van der Waals surface area contributed by atoms with Crippen LogP contribution in [0.5, 0.6) is 0 Å². The summed E-state index contributed by atoms with van der Waals surface area (Å²) in [7, 11) is 3.33. The van der Waals surface area contributed by atoms with Gasteiger partial charge in [-0.05, 0) is 36.8 Å². The molecule has 1 aromatic rings. The zero-order valence-corrected chi connectivity index (χ0v) is 12.8. The minimum absolute atomic E-state index is 0.195. The van der Waals surface area contributed by atoms with E-state index in [4.69, 9.17) is 0 Å². The third-order valence-electron chi connectivity index (χ3n) is 4.51. The van der Waals surface area contributed by atoms with Crippen LogP contribution in [-0.4, -0.2) is 59.3 Å². The van der Waals surface area contributed by atoms with Crippen molar-refractivity contribution in [2.45, 2.75) is 12.8 Å². The first-order valence-corrected chi connectivity index (χ1v) is 7.50. The Morgan fingerprint density at radius 2 is 1.95 bits per heavy atom. The number of nitrogens with zero attached hydrogens (tertiary/aromatic N) is 4. The second-order valence-electron chi connectivity index (χ2n) is 6.33. The molecule has 1 amide bonds. The summed E-state index contributed by atoms with van der Waals surface area (Å²) >= 11 is 0. The van der Waals surface area contributed by atoms with Crippen LogP contribution in [0.15, 0.2) is 12.1 Å². The quantitative estimate of drug-likeness (QED) is 0.882. The Balaban J connectivity index is 1.74. The van der Waals surface area contributed by atoms with Crippen LogP contribution in [0.2, 0.25) is 0 Å². The number of hydrogen-bond donors (Lipinski definition) is 1. The Morgan fingerprint density at radius 1 is 1.23 bits per heavy atom. The van der Waals surface area contributed by atoms with Crippen molar-refractivity contribution in [3.63, 3.8) is 0 Å². The lowest BCUT2D eigenvalue weighted by Gasteiger charge is -2.17. The van der Waals surface area contributed by atoms with Crippen LogP contribution in [-0.2, 0) is 4.79 Å². The normalized spacial score (nSPS) is 24.4. The standard InChI is InChI=1S/C15H20N4O3/c1-18(2)14(20)12-5-6-13(17-16-12)19-7-10(9-3-4-9)11(8-19)15(21)22/h5-6,9-11H,3-4,7-8H2,1-2H3,(H,21,22)/t10-,11+/m0/s1. The van der Waals surface area contributed by atoms with Crippen LogP contribution in [0.3, 0.4) is 0 Å². The molecular weight excluding hydrogens is 284 g/mol. The number of hydrogen-bond acceptors (Lipinski definition) is 5. The van der Waals surface area contributed by atoms with Gasteiger partial charge in [0.1, 0.15) is 0 Å². The second kappa shape index (κ2) is 5.55. The van der Waals surface area contributed by atoms with E-state index in [0.717, 1.165) is 12.8 Å². The number of carboxylic acids is 1. The maximum atomic E-state index is 11.8. The molecule has 2 fully saturated rings. The van der Waals surface area contributed by atoms with Gasteiger partial charge in [-0.25, -0.2) is 0 Å². The van der Waals surface area contributed by atoms with Gasteiger partial charge in [0.25, 0.3) is 5.91 Å². The zero-order chi connectivity index (χ0) is 15.9. The van der Waals surface area contributed by atoms with E-state index in [0.29, 0.717) is 30.5 Å². The number of aliphatic carboxylic acids is 1. The fourth-order valence-electron chi connectivity index (χ4n) is 3.12. The molecule has 1 aromatic heterocycles. The molecule has 0 radical (unpaired) electrons. The number of rotatable bonds is 4. The molecule has 1 aliphatic carbocycles. The average molecular weight is 304 g/mol. The third kappa shape index (κ3) is 2.75. The highest BCUT2D eigenvalue weighted by Crippen LogP contribution is 2.44. The van der Waals surface area contributed by atoms with Crippen molar-refractivity contribution >= 4 is 17.7 Å². The summed E-state index contributed by atoms with van der Waals surface area (Å²) in [5, 5.41) is 17.5. The number of carbonyl (C=O) groups excluding carboxylic acids is 1. The number of amides is 1. The molecule has 0 unspecified atom stereocenters. The van der Waals surface area contributed by atoms with Gasteiger partial charge >= 0.3 is 5.97 Å². The number of carbonyl (C=O) groups is 2. The van der Waals surface area contributed by atoms with E-state index in [1.807, 2.05) is 4.90 Å². The third-order valence-corrected chi connectivity index (χ3v) is 4.51. The number of aromatic nitrogens is 2. The first-order chi connectivity index (χ1) is 10.5. The summed E-state index contributed by atoms with van der Waals surface area (Å²) in [6, 6.07) is 3.39. The van der Waals surface area contributed by atoms with Crippen LogP contribution in [0.25, 0.3) is 0 Å². The summed E-state index contributed by atoms with van der Waals surface area (Å²) in [6.07, 6.45) is 2.26. The maximum Gasteiger partial charge on any atom is 0.308 e. The Morgan fingerprint density at radius 3 is 2.45 bits per heavy atom. The van der Waals surface area contributed by atoms with Gasteiger partial charge in [-0.1, -0.05) is 0 Å². The zero-order valence-electron chi connectivity index (χ0n) is 12.8. The molecule has 1 aliphatic heterocycles. The van der Waals surface area contributed by atoms with E-state index in [9.17, 15) is 14.7 Å². The molecule has 3 rings (SSSR count). The second-order valence-corrected chi connectivity index (χ2v) is 6.33. The van der Waals surface area contributed by atoms with Crippen molar-refractivity contribution in [3.8, 4) is 0 Å². The highest BCUT2D eigenvalue weighted by molar-refractivity contribution is 5.91. The molecule has 0 spiro atoms. The Hall–Kier alpha value is -2.18. The molecule has 2 heterocycles. The Bertz CT molecular complexity index is 583. The fraction of sp³-hybridized carbons (Fsp3) is 0.600. The molecule has 2 aliphatic rings. The van der Waals surface area contributed by atoms with Gasteiger partial charge in [0.05, 0.1) is 5.92 Å². The van der Waals surface area contributed by atoms with E-state index in [1.54, 1.807) is 26.2 Å². The van der Waals surface area contributed by atoms with Crippen LogP contribution in [0.1, 0.15) is 23.3 Å². The van der Waals surface area contributed by atoms with E-state index in [-0.39, 0.29) is 17.7 Å². The largest absolute Gasteiger partial charge is 0.481 e. The molecule has 0 aromatic carbocycles. The van der Waals surface area contributed by atoms with Gasteiger partial charge in [-0.15, -0.1) is 10.2 Å². The average Bonchev–Trinajstić information content (AvgIpc) is 3.25.